The molecule has 148 valence electrons. The average Bonchev–Trinajstić information content (AvgIpc) is 3.07. The summed E-state index contributed by atoms with van der Waals surface area (Å²) in [6.07, 6.45) is 2.65. The third kappa shape index (κ3) is 6.31. The fraction of sp³-hybridized carbons (Fsp3) is 0.529. The molecule has 1 aliphatic heterocycles. The maximum atomic E-state index is 12.2. The van der Waals surface area contributed by atoms with Gasteiger partial charge in [0.25, 0.3) is 5.91 Å². The van der Waals surface area contributed by atoms with Crippen molar-refractivity contribution in [3.8, 4) is 0 Å². The summed E-state index contributed by atoms with van der Waals surface area (Å²) in [5.41, 5.74) is 0. The second kappa shape index (κ2) is 10.4. The SMILES string of the molecule is CCCCCOC(=O)CC1C(=O)NCCN1C(=S)NC(=O)c1ccc(Br)o1. The number of hydrogen-bond donors (Lipinski definition) is 2. The first-order valence-corrected chi connectivity index (χ1v) is 9.93. The van der Waals surface area contributed by atoms with Crippen LogP contribution in [0.2, 0.25) is 0 Å². The molecular weight excluding hydrogens is 438 g/mol. The molecule has 2 amide bonds. The molecule has 8 nitrogen and oxygen atoms in total. The van der Waals surface area contributed by atoms with Crippen LogP contribution in [0.1, 0.15) is 43.2 Å². The predicted molar refractivity (Wildman–Crippen MR) is 105 cm³/mol. The fourth-order valence-electron chi connectivity index (χ4n) is 2.58. The van der Waals surface area contributed by atoms with Crippen LogP contribution in [-0.2, 0) is 14.3 Å². The Kier molecular flexibility index (Phi) is 8.23. The molecule has 1 aliphatic rings. The second-order valence-corrected chi connectivity index (χ2v) is 7.16. The van der Waals surface area contributed by atoms with E-state index < -0.39 is 17.9 Å². The van der Waals surface area contributed by atoms with Crippen molar-refractivity contribution in [3.05, 3.63) is 22.6 Å². The molecule has 1 unspecified atom stereocenters. The molecule has 0 aromatic carbocycles. The highest BCUT2D eigenvalue weighted by Gasteiger charge is 2.34. The lowest BCUT2D eigenvalue weighted by Crippen LogP contribution is -2.60. The maximum Gasteiger partial charge on any atom is 0.308 e. The van der Waals surface area contributed by atoms with E-state index in [1.807, 2.05) is 0 Å². The van der Waals surface area contributed by atoms with Crippen LogP contribution in [0.5, 0.6) is 0 Å². The number of unbranched alkanes of at least 4 members (excludes halogenated alkanes) is 2. The first-order valence-electron chi connectivity index (χ1n) is 8.73. The standard InChI is InChI=1S/C17H22BrN3O5S/c1-2-3-4-9-25-14(22)10-11-15(23)19-7-8-21(11)17(27)20-16(24)12-5-6-13(18)26-12/h5-6,11H,2-4,7-10H2,1H3,(H,19,23)(H,20,24,27). The lowest BCUT2D eigenvalue weighted by Gasteiger charge is -2.36. The van der Waals surface area contributed by atoms with Crippen LogP contribution in [0, 0.1) is 0 Å². The summed E-state index contributed by atoms with van der Waals surface area (Å²) in [6, 6.07) is 2.26. The van der Waals surface area contributed by atoms with Gasteiger partial charge in [0.1, 0.15) is 6.04 Å². The first kappa shape index (κ1) is 21.4. The Balaban J connectivity index is 1.95. The Bertz CT molecular complexity index is 708. The van der Waals surface area contributed by atoms with Crippen LogP contribution in [0.4, 0.5) is 0 Å². The molecule has 1 fully saturated rings. The molecule has 0 bridgehead atoms. The van der Waals surface area contributed by atoms with E-state index in [1.54, 1.807) is 6.07 Å². The molecule has 0 aliphatic carbocycles. The molecule has 0 saturated carbocycles. The quantitative estimate of drug-likeness (QED) is 0.365. The average molecular weight is 460 g/mol. The van der Waals surface area contributed by atoms with Gasteiger partial charge in [0.15, 0.2) is 15.5 Å². The minimum Gasteiger partial charge on any atom is -0.466 e. The van der Waals surface area contributed by atoms with Gasteiger partial charge in [-0.3, -0.25) is 19.7 Å². The van der Waals surface area contributed by atoms with E-state index in [4.69, 9.17) is 21.4 Å². The van der Waals surface area contributed by atoms with Crippen molar-refractivity contribution in [3.63, 3.8) is 0 Å². The normalized spacial score (nSPS) is 16.6. The topological polar surface area (TPSA) is 101 Å². The Morgan fingerprint density at radius 2 is 2.22 bits per heavy atom. The smallest absolute Gasteiger partial charge is 0.308 e. The highest BCUT2D eigenvalue weighted by atomic mass is 79.9. The fourth-order valence-corrected chi connectivity index (χ4v) is 3.20. The highest BCUT2D eigenvalue weighted by Crippen LogP contribution is 2.15. The van der Waals surface area contributed by atoms with Gasteiger partial charge in [-0.05, 0) is 46.7 Å². The Labute approximate surface area is 171 Å². The molecule has 1 atom stereocenters. The molecule has 1 aromatic rings. The Morgan fingerprint density at radius 3 is 2.89 bits per heavy atom. The van der Waals surface area contributed by atoms with Crippen LogP contribution in [-0.4, -0.2) is 53.5 Å². The number of piperazine rings is 1. The number of carbonyl (C=O) groups is 3. The third-order valence-corrected chi connectivity index (χ3v) is 4.74. The zero-order chi connectivity index (χ0) is 19.8. The van der Waals surface area contributed by atoms with Crippen LogP contribution in [0.3, 0.4) is 0 Å². The molecule has 0 radical (unpaired) electrons. The van der Waals surface area contributed by atoms with Crippen LogP contribution in [0.15, 0.2) is 21.2 Å². The largest absolute Gasteiger partial charge is 0.466 e. The van der Waals surface area contributed by atoms with E-state index in [9.17, 15) is 14.4 Å². The lowest BCUT2D eigenvalue weighted by molar-refractivity contribution is -0.147. The van der Waals surface area contributed by atoms with E-state index >= 15 is 0 Å². The van der Waals surface area contributed by atoms with Crippen molar-refractivity contribution in [1.29, 1.82) is 0 Å². The van der Waals surface area contributed by atoms with Crippen molar-refractivity contribution in [2.24, 2.45) is 0 Å². The summed E-state index contributed by atoms with van der Waals surface area (Å²) < 4.78 is 10.8. The van der Waals surface area contributed by atoms with Gasteiger partial charge >= 0.3 is 5.97 Å². The van der Waals surface area contributed by atoms with Crippen molar-refractivity contribution in [1.82, 2.24) is 15.5 Å². The van der Waals surface area contributed by atoms with Gasteiger partial charge in [0.05, 0.1) is 13.0 Å². The predicted octanol–water partition coefficient (Wildman–Crippen LogP) is 1.98. The molecule has 10 heteroatoms. The number of nitrogens with one attached hydrogen (secondary N) is 2. The second-order valence-electron chi connectivity index (χ2n) is 5.99. The highest BCUT2D eigenvalue weighted by molar-refractivity contribution is 9.10. The maximum absolute atomic E-state index is 12.2. The van der Waals surface area contributed by atoms with Gasteiger partial charge in [0, 0.05) is 13.1 Å². The van der Waals surface area contributed by atoms with Crippen molar-refractivity contribution < 1.29 is 23.5 Å². The molecule has 1 aromatic heterocycles. The zero-order valence-corrected chi connectivity index (χ0v) is 17.4. The zero-order valence-electron chi connectivity index (χ0n) is 15.0. The van der Waals surface area contributed by atoms with Crippen molar-refractivity contribution >= 4 is 51.0 Å². The molecule has 2 N–H and O–H groups in total. The lowest BCUT2D eigenvalue weighted by atomic mass is 10.1. The molecule has 1 saturated heterocycles. The minimum atomic E-state index is -0.825. The van der Waals surface area contributed by atoms with E-state index in [2.05, 4.69) is 33.5 Å². The number of amides is 2. The van der Waals surface area contributed by atoms with Gasteiger partial charge in [0.2, 0.25) is 5.91 Å². The van der Waals surface area contributed by atoms with E-state index in [0.29, 0.717) is 24.4 Å². The van der Waals surface area contributed by atoms with Gasteiger partial charge in [-0.2, -0.15) is 0 Å². The molecule has 0 spiro atoms. The van der Waals surface area contributed by atoms with E-state index in [-0.39, 0.29) is 23.2 Å². The van der Waals surface area contributed by atoms with Crippen molar-refractivity contribution in [2.75, 3.05) is 19.7 Å². The number of carbonyl (C=O) groups excluding carboxylic acids is 3. The summed E-state index contributed by atoms with van der Waals surface area (Å²) in [6.45, 7) is 3.13. The summed E-state index contributed by atoms with van der Waals surface area (Å²) in [7, 11) is 0. The van der Waals surface area contributed by atoms with Crippen LogP contribution < -0.4 is 10.6 Å². The molecule has 2 heterocycles. The number of furan rings is 1. The Hall–Kier alpha value is -1.94. The number of ether oxygens (including phenoxy) is 1. The molecular formula is C17H22BrN3O5S. The monoisotopic (exact) mass is 459 g/mol. The summed E-state index contributed by atoms with van der Waals surface area (Å²) in [5.74, 6) is -1.25. The van der Waals surface area contributed by atoms with Gasteiger partial charge < -0.3 is 19.4 Å². The van der Waals surface area contributed by atoms with E-state index in [0.717, 1.165) is 19.3 Å². The molecule has 2 rings (SSSR count). The number of thiocarbonyl (C=S) groups is 1. The summed E-state index contributed by atoms with van der Waals surface area (Å²) in [5, 5.41) is 5.30. The number of halogens is 1. The summed E-state index contributed by atoms with van der Waals surface area (Å²) in [4.78, 5) is 38.0. The Morgan fingerprint density at radius 1 is 1.44 bits per heavy atom. The van der Waals surface area contributed by atoms with E-state index in [1.165, 1.54) is 11.0 Å². The summed E-state index contributed by atoms with van der Waals surface area (Å²) >= 11 is 8.39. The van der Waals surface area contributed by atoms with Gasteiger partial charge in [-0.1, -0.05) is 19.8 Å². The molecule has 27 heavy (non-hydrogen) atoms. The van der Waals surface area contributed by atoms with Crippen molar-refractivity contribution in [2.45, 2.75) is 38.6 Å². The first-order chi connectivity index (χ1) is 12.9. The number of nitrogens with zero attached hydrogens (tertiary/aromatic N) is 1. The number of esters is 1. The van der Waals surface area contributed by atoms with Crippen LogP contribution >= 0.6 is 28.1 Å². The number of rotatable bonds is 7. The third-order valence-electron chi connectivity index (χ3n) is 3.98. The van der Waals surface area contributed by atoms with Gasteiger partial charge in [-0.25, -0.2) is 0 Å². The van der Waals surface area contributed by atoms with Gasteiger partial charge in [-0.15, -0.1) is 0 Å². The minimum absolute atomic E-state index is 0.0613. The number of hydrogen-bond acceptors (Lipinski definition) is 6. The van der Waals surface area contributed by atoms with Crippen LogP contribution in [0.25, 0.3) is 0 Å².